The van der Waals surface area contributed by atoms with E-state index in [9.17, 15) is 0 Å². The first-order chi connectivity index (χ1) is 14.8. The molecular weight excluding hydrogens is 392 g/mol. The minimum Gasteiger partial charge on any atom is -0.309 e. The number of aromatic nitrogens is 2. The van der Waals surface area contributed by atoms with Crippen LogP contribution in [0.2, 0.25) is 19.6 Å². The maximum Gasteiger partial charge on any atom is 0.212 e. The lowest BCUT2D eigenvalue weighted by Crippen LogP contribution is -2.42. The Bertz CT molecular complexity index is 1420. The standard InChI is InChI=1S/C28H29N2Si/c1-20-17-28-25(19-24(20)27-18-22(31(3,4)5)15-16-29(27)2)23-13-9-10-14-26(23)30(28)21-11-7-6-8-12-21/h6-19H,1-5H3/q+1. The summed E-state index contributed by atoms with van der Waals surface area (Å²) in [4.78, 5) is 0. The highest BCUT2D eigenvalue weighted by Crippen LogP contribution is 2.35. The van der Waals surface area contributed by atoms with Crippen molar-refractivity contribution in [1.82, 2.24) is 4.57 Å². The molecule has 3 heteroatoms. The van der Waals surface area contributed by atoms with E-state index in [1.807, 2.05) is 0 Å². The largest absolute Gasteiger partial charge is 0.309 e. The number of hydrogen-bond acceptors (Lipinski definition) is 0. The molecule has 3 aromatic carbocycles. The van der Waals surface area contributed by atoms with E-state index >= 15 is 0 Å². The van der Waals surface area contributed by atoms with E-state index in [2.05, 4.69) is 128 Å². The predicted molar refractivity (Wildman–Crippen MR) is 135 cm³/mol. The summed E-state index contributed by atoms with van der Waals surface area (Å²) in [6.07, 6.45) is 2.22. The first kappa shape index (κ1) is 19.8. The van der Waals surface area contributed by atoms with Crippen molar-refractivity contribution < 1.29 is 4.57 Å². The Hall–Kier alpha value is -3.17. The molecule has 0 aliphatic carbocycles. The molecule has 2 nitrogen and oxygen atoms in total. The Balaban J connectivity index is 1.84. The van der Waals surface area contributed by atoms with Gasteiger partial charge in [0.15, 0.2) is 6.20 Å². The van der Waals surface area contributed by atoms with Crippen molar-refractivity contribution in [2.75, 3.05) is 0 Å². The van der Waals surface area contributed by atoms with E-state index in [1.54, 1.807) is 0 Å². The van der Waals surface area contributed by atoms with Crippen LogP contribution in [0.3, 0.4) is 0 Å². The molecule has 0 saturated carbocycles. The second-order valence-corrected chi connectivity index (χ2v) is 14.6. The van der Waals surface area contributed by atoms with Gasteiger partial charge in [0.2, 0.25) is 5.69 Å². The van der Waals surface area contributed by atoms with E-state index in [1.165, 1.54) is 49.5 Å². The van der Waals surface area contributed by atoms with Gasteiger partial charge in [0.05, 0.1) is 19.1 Å². The molecule has 2 heterocycles. The summed E-state index contributed by atoms with van der Waals surface area (Å²) < 4.78 is 4.65. The zero-order valence-electron chi connectivity index (χ0n) is 19.0. The molecule has 0 atom stereocenters. The van der Waals surface area contributed by atoms with E-state index in [-0.39, 0.29) is 0 Å². The van der Waals surface area contributed by atoms with Crippen molar-refractivity contribution in [3.63, 3.8) is 0 Å². The van der Waals surface area contributed by atoms with Crippen LogP contribution < -0.4 is 9.75 Å². The first-order valence-corrected chi connectivity index (χ1v) is 14.4. The molecule has 0 aliphatic heterocycles. The third kappa shape index (κ3) is 3.30. The summed E-state index contributed by atoms with van der Waals surface area (Å²) in [6, 6.07) is 28.9. The average molecular weight is 422 g/mol. The zero-order valence-corrected chi connectivity index (χ0v) is 20.0. The second kappa shape index (κ2) is 7.21. The van der Waals surface area contributed by atoms with Gasteiger partial charge in [-0.15, -0.1) is 0 Å². The smallest absolute Gasteiger partial charge is 0.212 e. The first-order valence-electron chi connectivity index (χ1n) is 10.9. The van der Waals surface area contributed by atoms with E-state index < -0.39 is 8.07 Å². The van der Waals surface area contributed by atoms with Crippen LogP contribution in [0.5, 0.6) is 0 Å². The van der Waals surface area contributed by atoms with Gasteiger partial charge in [-0.25, -0.2) is 4.57 Å². The summed E-state index contributed by atoms with van der Waals surface area (Å²) in [6.45, 7) is 9.48. The van der Waals surface area contributed by atoms with Gasteiger partial charge in [0.25, 0.3) is 0 Å². The van der Waals surface area contributed by atoms with Crippen LogP contribution in [0, 0.1) is 6.92 Å². The molecule has 154 valence electrons. The second-order valence-electron chi connectivity index (χ2n) is 9.53. The number of benzene rings is 3. The highest BCUT2D eigenvalue weighted by Gasteiger charge is 2.23. The third-order valence-electron chi connectivity index (χ3n) is 6.33. The van der Waals surface area contributed by atoms with Gasteiger partial charge in [0.1, 0.15) is 7.05 Å². The molecule has 0 unspecified atom stereocenters. The SMILES string of the molecule is Cc1cc2c(cc1-c1cc([Si](C)(C)C)cc[n+]1C)c1ccccc1n2-c1ccccc1. The topological polar surface area (TPSA) is 8.81 Å². The van der Waals surface area contributed by atoms with Crippen molar-refractivity contribution in [3.05, 3.63) is 90.6 Å². The van der Waals surface area contributed by atoms with E-state index in [0.29, 0.717) is 0 Å². The summed E-state index contributed by atoms with van der Waals surface area (Å²) >= 11 is 0. The van der Waals surface area contributed by atoms with Crippen LogP contribution in [0.15, 0.2) is 85.1 Å². The molecule has 0 amide bonds. The van der Waals surface area contributed by atoms with Crippen LogP contribution in [0.25, 0.3) is 38.8 Å². The Morgan fingerprint density at radius 2 is 1.45 bits per heavy atom. The van der Waals surface area contributed by atoms with Crippen LogP contribution in [-0.2, 0) is 7.05 Å². The number of nitrogens with zero attached hydrogens (tertiary/aromatic N) is 2. The fraction of sp³-hybridized carbons (Fsp3) is 0.179. The lowest BCUT2D eigenvalue weighted by atomic mass is 10.0. The van der Waals surface area contributed by atoms with Gasteiger partial charge in [-0.05, 0) is 48.0 Å². The van der Waals surface area contributed by atoms with Crippen molar-refractivity contribution in [2.45, 2.75) is 26.6 Å². The number of para-hydroxylation sites is 2. The van der Waals surface area contributed by atoms with Gasteiger partial charge in [-0.2, -0.15) is 0 Å². The summed E-state index contributed by atoms with van der Waals surface area (Å²) in [5, 5.41) is 4.09. The highest BCUT2D eigenvalue weighted by molar-refractivity contribution is 6.88. The highest BCUT2D eigenvalue weighted by atomic mass is 28.3. The Kier molecular flexibility index (Phi) is 4.60. The average Bonchev–Trinajstić information content (AvgIpc) is 3.06. The molecule has 0 fully saturated rings. The molecule has 0 saturated heterocycles. The number of aryl methyl sites for hydroxylation is 2. The summed E-state index contributed by atoms with van der Waals surface area (Å²) in [5.41, 5.74) is 7.61. The van der Waals surface area contributed by atoms with Crippen LogP contribution >= 0.6 is 0 Å². The number of rotatable bonds is 3. The van der Waals surface area contributed by atoms with Crippen LogP contribution in [0.1, 0.15) is 5.56 Å². The molecule has 5 rings (SSSR count). The van der Waals surface area contributed by atoms with Crippen molar-refractivity contribution >= 4 is 35.1 Å². The molecule has 0 bridgehead atoms. The predicted octanol–water partition coefficient (Wildman–Crippen LogP) is 6.13. The fourth-order valence-corrected chi connectivity index (χ4v) is 5.70. The molecule has 0 N–H and O–H groups in total. The number of fused-ring (bicyclic) bond motifs is 3. The molecule has 5 aromatic rings. The Morgan fingerprint density at radius 3 is 2.19 bits per heavy atom. The van der Waals surface area contributed by atoms with Gasteiger partial charge in [0, 0.05) is 34.2 Å². The Morgan fingerprint density at radius 1 is 0.742 bits per heavy atom. The van der Waals surface area contributed by atoms with E-state index in [4.69, 9.17) is 0 Å². The minimum absolute atomic E-state index is 1.20. The van der Waals surface area contributed by atoms with Crippen molar-refractivity contribution in [2.24, 2.45) is 7.05 Å². The molecule has 0 aliphatic rings. The van der Waals surface area contributed by atoms with Gasteiger partial charge >= 0.3 is 0 Å². The number of pyridine rings is 1. The third-order valence-corrected chi connectivity index (χ3v) is 8.37. The van der Waals surface area contributed by atoms with Gasteiger partial charge in [-0.3, -0.25) is 0 Å². The normalized spacial score (nSPS) is 12.0. The quantitative estimate of drug-likeness (QED) is 0.245. The summed E-state index contributed by atoms with van der Waals surface area (Å²) in [5.74, 6) is 0. The fourth-order valence-electron chi connectivity index (χ4n) is 4.55. The zero-order chi connectivity index (χ0) is 21.8. The number of hydrogen-bond donors (Lipinski definition) is 0. The maximum atomic E-state index is 2.41. The van der Waals surface area contributed by atoms with Crippen LogP contribution in [0.4, 0.5) is 0 Å². The van der Waals surface area contributed by atoms with Crippen molar-refractivity contribution in [3.8, 4) is 16.9 Å². The van der Waals surface area contributed by atoms with Crippen molar-refractivity contribution in [1.29, 1.82) is 0 Å². The monoisotopic (exact) mass is 421 g/mol. The molecule has 0 spiro atoms. The summed E-state index contributed by atoms with van der Waals surface area (Å²) in [7, 11) is 0.760. The van der Waals surface area contributed by atoms with Gasteiger partial charge in [-0.1, -0.05) is 56.0 Å². The maximum absolute atomic E-state index is 2.41. The van der Waals surface area contributed by atoms with Crippen LogP contribution in [-0.4, -0.2) is 12.6 Å². The molecular formula is C28H29N2Si+. The lowest BCUT2D eigenvalue weighted by Gasteiger charge is -2.17. The van der Waals surface area contributed by atoms with E-state index in [0.717, 1.165) is 0 Å². The molecule has 2 aromatic heterocycles. The Labute approximate surface area is 185 Å². The molecule has 0 radical (unpaired) electrons. The van der Waals surface area contributed by atoms with Gasteiger partial charge < -0.3 is 4.57 Å². The molecule has 31 heavy (non-hydrogen) atoms. The minimum atomic E-state index is -1.39. The lowest BCUT2D eigenvalue weighted by molar-refractivity contribution is -0.660.